The number of carbonyl (C=O) groups excluding carboxylic acids is 2. The summed E-state index contributed by atoms with van der Waals surface area (Å²) < 4.78 is 19.5. The van der Waals surface area contributed by atoms with E-state index in [1.807, 2.05) is 28.7 Å². The number of benzene rings is 1. The van der Waals surface area contributed by atoms with Gasteiger partial charge in [-0.25, -0.2) is 14.2 Å². The van der Waals surface area contributed by atoms with Crippen molar-refractivity contribution in [1.29, 1.82) is 0 Å². The summed E-state index contributed by atoms with van der Waals surface area (Å²) in [5, 5.41) is 1.15. The lowest BCUT2D eigenvalue weighted by Crippen LogP contribution is -2.39. The normalized spacial score (nSPS) is 13.5. The van der Waals surface area contributed by atoms with E-state index in [9.17, 15) is 14.0 Å². The minimum absolute atomic E-state index is 0.246. The first-order chi connectivity index (χ1) is 12.5. The SMILES string of the molecule is COC(=O)CON1CCc2cncc(Cc3ccc(I)cc3F)c2C1=O. The Morgan fingerprint density at radius 3 is 2.88 bits per heavy atom. The Bertz CT molecular complexity index is 859. The zero-order valence-electron chi connectivity index (χ0n) is 14.0. The zero-order chi connectivity index (χ0) is 18.7. The summed E-state index contributed by atoms with van der Waals surface area (Å²) in [5.41, 5.74) is 2.35. The Labute approximate surface area is 163 Å². The first kappa shape index (κ1) is 18.7. The van der Waals surface area contributed by atoms with Crippen LogP contribution in [0.15, 0.2) is 30.6 Å². The molecule has 0 bridgehead atoms. The van der Waals surface area contributed by atoms with Gasteiger partial charge < -0.3 is 4.74 Å². The van der Waals surface area contributed by atoms with Crippen LogP contribution in [0.1, 0.15) is 27.0 Å². The molecular formula is C18H16FIN2O4. The van der Waals surface area contributed by atoms with Gasteiger partial charge in [0, 0.05) is 22.4 Å². The number of methoxy groups -OCH3 is 1. The van der Waals surface area contributed by atoms with Gasteiger partial charge >= 0.3 is 5.97 Å². The predicted octanol–water partition coefficient (Wildman–Crippen LogP) is 2.52. The number of amides is 1. The Kier molecular flexibility index (Phi) is 5.82. The summed E-state index contributed by atoms with van der Waals surface area (Å²) in [6.45, 7) is -0.0321. The van der Waals surface area contributed by atoms with E-state index < -0.39 is 5.97 Å². The third kappa shape index (κ3) is 4.01. The number of nitrogens with zero attached hydrogens (tertiary/aromatic N) is 2. The Morgan fingerprint density at radius 1 is 1.35 bits per heavy atom. The average molecular weight is 470 g/mol. The number of hydrogen-bond donors (Lipinski definition) is 0. The van der Waals surface area contributed by atoms with Crippen LogP contribution in [0, 0.1) is 9.39 Å². The van der Waals surface area contributed by atoms with Crippen LogP contribution in [0.3, 0.4) is 0 Å². The molecule has 0 saturated carbocycles. The molecule has 1 aliphatic heterocycles. The molecule has 0 fully saturated rings. The topological polar surface area (TPSA) is 68.7 Å². The molecule has 3 rings (SSSR count). The summed E-state index contributed by atoms with van der Waals surface area (Å²) in [7, 11) is 1.25. The van der Waals surface area contributed by atoms with Crippen molar-refractivity contribution in [3.8, 4) is 0 Å². The molecular weight excluding hydrogens is 454 g/mol. The molecule has 0 radical (unpaired) electrons. The fraction of sp³-hybridized carbons (Fsp3) is 0.278. The molecule has 0 saturated heterocycles. The Balaban J connectivity index is 1.86. The lowest BCUT2D eigenvalue weighted by atomic mass is 9.94. The van der Waals surface area contributed by atoms with E-state index >= 15 is 0 Å². The molecule has 1 amide bonds. The van der Waals surface area contributed by atoms with E-state index in [0.717, 1.165) is 14.2 Å². The number of fused-ring (bicyclic) bond motifs is 1. The number of aromatic nitrogens is 1. The monoisotopic (exact) mass is 470 g/mol. The van der Waals surface area contributed by atoms with Gasteiger partial charge in [0.15, 0.2) is 6.61 Å². The minimum atomic E-state index is -0.570. The molecule has 1 aromatic heterocycles. The summed E-state index contributed by atoms with van der Waals surface area (Å²) in [6.07, 6.45) is 3.99. The van der Waals surface area contributed by atoms with Crippen LogP contribution in [0.25, 0.3) is 0 Å². The van der Waals surface area contributed by atoms with Gasteiger partial charge in [-0.15, -0.1) is 0 Å². The summed E-state index contributed by atoms with van der Waals surface area (Å²) in [6, 6.07) is 4.97. The van der Waals surface area contributed by atoms with E-state index in [2.05, 4.69) is 9.72 Å². The lowest BCUT2D eigenvalue weighted by molar-refractivity contribution is -0.168. The van der Waals surface area contributed by atoms with Crippen LogP contribution in [0.2, 0.25) is 0 Å². The number of ether oxygens (including phenoxy) is 1. The average Bonchev–Trinajstić information content (AvgIpc) is 2.63. The Hall–Kier alpha value is -2.07. The number of pyridine rings is 1. The summed E-state index contributed by atoms with van der Waals surface area (Å²) in [5.74, 6) is -1.26. The highest BCUT2D eigenvalue weighted by molar-refractivity contribution is 14.1. The number of carbonyl (C=O) groups is 2. The molecule has 2 aromatic rings. The van der Waals surface area contributed by atoms with Gasteiger partial charge in [-0.1, -0.05) is 6.07 Å². The van der Waals surface area contributed by atoms with Crippen molar-refractivity contribution >= 4 is 34.5 Å². The van der Waals surface area contributed by atoms with Crippen molar-refractivity contribution < 1.29 is 23.6 Å². The van der Waals surface area contributed by atoms with E-state index in [1.54, 1.807) is 18.5 Å². The molecule has 0 atom stereocenters. The fourth-order valence-corrected chi connectivity index (χ4v) is 3.24. The number of hydroxylamine groups is 2. The maximum atomic E-state index is 14.2. The molecule has 26 heavy (non-hydrogen) atoms. The van der Waals surface area contributed by atoms with Gasteiger partial charge in [0.25, 0.3) is 5.91 Å². The van der Waals surface area contributed by atoms with Gasteiger partial charge in [-0.2, -0.15) is 0 Å². The second-order valence-corrected chi connectivity index (χ2v) is 7.00. The van der Waals surface area contributed by atoms with Crippen LogP contribution in [0.5, 0.6) is 0 Å². The maximum Gasteiger partial charge on any atom is 0.334 e. The first-order valence-corrected chi connectivity index (χ1v) is 8.98. The van der Waals surface area contributed by atoms with Crippen LogP contribution in [-0.4, -0.2) is 42.2 Å². The highest BCUT2D eigenvalue weighted by Crippen LogP contribution is 2.25. The Morgan fingerprint density at radius 2 is 2.15 bits per heavy atom. The van der Waals surface area contributed by atoms with E-state index in [1.165, 1.54) is 13.2 Å². The standard InChI is InChI=1S/C18H16FIN2O4/c1-25-16(23)10-26-22-5-4-12-8-21-9-13(17(12)18(22)24)6-11-2-3-14(20)7-15(11)19/h2-3,7-9H,4-6,10H2,1H3. The predicted molar refractivity (Wildman–Crippen MR) is 98.9 cm³/mol. The molecule has 0 spiro atoms. The van der Waals surface area contributed by atoms with Gasteiger partial charge in [-0.05, 0) is 57.8 Å². The van der Waals surface area contributed by atoms with Crippen LogP contribution in [0.4, 0.5) is 4.39 Å². The van der Waals surface area contributed by atoms with Crippen LogP contribution >= 0.6 is 22.6 Å². The third-order valence-corrected chi connectivity index (χ3v) is 4.76. The summed E-state index contributed by atoms with van der Waals surface area (Å²) >= 11 is 2.04. The highest BCUT2D eigenvalue weighted by Gasteiger charge is 2.29. The number of hydrogen-bond acceptors (Lipinski definition) is 5. The van der Waals surface area contributed by atoms with Crippen molar-refractivity contribution in [3.63, 3.8) is 0 Å². The second kappa shape index (κ2) is 8.09. The number of halogens is 2. The summed E-state index contributed by atoms with van der Waals surface area (Å²) in [4.78, 5) is 33.5. The molecule has 136 valence electrons. The highest BCUT2D eigenvalue weighted by atomic mass is 127. The molecule has 8 heteroatoms. The van der Waals surface area contributed by atoms with Crippen molar-refractivity contribution in [3.05, 3.63) is 62.2 Å². The molecule has 0 unspecified atom stereocenters. The van der Waals surface area contributed by atoms with Crippen molar-refractivity contribution in [2.75, 3.05) is 20.3 Å². The quantitative estimate of drug-likeness (QED) is 0.497. The van der Waals surface area contributed by atoms with Gasteiger partial charge in [0.1, 0.15) is 5.82 Å². The van der Waals surface area contributed by atoms with E-state index in [4.69, 9.17) is 4.84 Å². The van der Waals surface area contributed by atoms with E-state index in [0.29, 0.717) is 29.7 Å². The second-order valence-electron chi connectivity index (χ2n) is 5.75. The fourth-order valence-electron chi connectivity index (χ4n) is 2.78. The number of rotatable bonds is 5. The van der Waals surface area contributed by atoms with Gasteiger partial charge in [0.05, 0.1) is 19.2 Å². The molecule has 0 N–H and O–H groups in total. The first-order valence-electron chi connectivity index (χ1n) is 7.91. The molecule has 6 nitrogen and oxygen atoms in total. The zero-order valence-corrected chi connectivity index (χ0v) is 16.2. The van der Waals surface area contributed by atoms with Crippen molar-refractivity contribution in [1.82, 2.24) is 10.0 Å². The largest absolute Gasteiger partial charge is 0.467 e. The molecule has 1 aromatic carbocycles. The van der Waals surface area contributed by atoms with E-state index in [-0.39, 0.29) is 24.8 Å². The molecule has 1 aliphatic rings. The van der Waals surface area contributed by atoms with Gasteiger partial charge in [0.2, 0.25) is 0 Å². The molecule has 2 heterocycles. The van der Waals surface area contributed by atoms with Crippen LogP contribution < -0.4 is 0 Å². The lowest BCUT2D eigenvalue weighted by Gasteiger charge is -2.28. The minimum Gasteiger partial charge on any atom is -0.467 e. The van der Waals surface area contributed by atoms with Crippen molar-refractivity contribution in [2.24, 2.45) is 0 Å². The molecule has 0 aliphatic carbocycles. The smallest absolute Gasteiger partial charge is 0.334 e. The third-order valence-electron chi connectivity index (χ3n) is 4.09. The number of esters is 1. The van der Waals surface area contributed by atoms with Crippen molar-refractivity contribution in [2.45, 2.75) is 12.8 Å². The van der Waals surface area contributed by atoms with Gasteiger partial charge in [-0.3, -0.25) is 14.6 Å². The van der Waals surface area contributed by atoms with Crippen LogP contribution in [-0.2, 0) is 27.2 Å². The maximum absolute atomic E-state index is 14.2.